The molecule has 0 bridgehead atoms. The van der Waals surface area contributed by atoms with Gasteiger partial charge in [0.25, 0.3) is 0 Å². The third kappa shape index (κ3) is 3.91. The van der Waals surface area contributed by atoms with Crippen LogP contribution in [-0.2, 0) is 11.3 Å². The highest BCUT2D eigenvalue weighted by atomic mass is 16.5. The van der Waals surface area contributed by atoms with Gasteiger partial charge in [-0.15, -0.1) is 0 Å². The van der Waals surface area contributed by atoms with Crippen LogP contribution >= 0.6 is 0 Å². The van der Waals surface area contributed by atoms with Crippen LogP contribution in [0.5, 0.6) is 0 Å². The number of fused-ring (bicyclic) bond motifs is 1. The van der Waals surface area contributed by atoms with Crippen LogP contribution in [0.3, 0.4) is 0 Å². The van der Waals surface area contributed by atoms with Crippen molar-refractivity contribution in [1.29, 1.82) is 0 Å². The van der Waals surface area contributed by atoms with E-state index >= 15 is 0 Å². The highest BCUT2D eigenvalue weighted by Crippen LogP contribution is 2.29. The molecule has 0 amide bonds. The molecule has 1 aliphatic heterocycles. The summed E-state index contributed by atoms with van der Waals surface area (Å²) in [4.78, 5) is 4.96. The lowest BCUT2D eigenvalue weighted by Gasteiger charge is -2.35. The number of likely N-dealkylation sites (N-methyl/N-ethyl adjacent to an activating group) is 1. The molecule has 5 nitrogen and oxygen atoms in total. The van der Waals surface area contributed by atoms with E-state index in [9.17, 15) is 0 Å². The zero-order valence-corrected chi connectivity index (χ0v) is 13.9. The van der Waals surface area contributed by atoms with Crippen molar-refractivity contribution in [1.82, 2.24) is 20.0 Å². The van der Waals surface area contributed by atoms with Crippen LogP contribution in [-0.4, -0.2) is 65.9 Å². The van der Waals surface area contributed by atoms with E-state index in [0.29, 0.717) is 6.10 Å². The lowest BCUT2D eigenvalue weighted by atomic mass is 10.1. The molecule has 2 heterocycles. The topological polar surface area (TPSA) is 44.4 Å². The summed E-state index contributed by atoms with van der Waals surface area (Å²) in [6.07, 6.45) is 5.04. The summed E-state index contributed by atoms with van der Waals surface area (Å²) in [6, 6.07) is 6.57. The van der Waals surface area contributed by atoms with E-state index in [2.05, 4.69) is 45.2 Å². The van der Waals surface area contributed by atoms with Gasteiger partial charge in [0, 0.05) is 38.1 Å². The number of rotatable bonds is 6. The third-order valence-corrected chi connectivity index (χ3v) is 4.92. The van der Waals surface area contributed by atoms with E-state index in [4.69, 9.17) is 4.74 Å². The summed E-state index contributed by atoms with van der Waals surface area (Å²) < 4.78 is 5.98. The first-order chi connectivity index (χ1) is 11.3. The molecule has 1 N–H and O–H groups in total. The summed E-state index contributed by atoms with van der Waals surface area (Å²) in [5.74, 6) is 0.945. The minimum atomic E-state index is 0.336. The fourth-order valence-corrected chi connectivity index (χ4v) is 3.54. The van der Waals surface area contributed by atoms with Gasteiger partial charge in [0.05, 0.1) is 24.4 Å². The molecule has 2 fully saturated rings. The second-order valence-electron chi connectivity index (χ2n) is 7.18. The van der Waals surface area contributed by atoms with E-state index in [1.54, 1.807) is 0 Å². The minimum Gasteiger partial charge on any atom is -0.374 e. The van der Waals surface area contributed by atoms with Crippen molar-refractivity contribution in [3.05, 3.63) is 30.0 Å². The predicted octanol–water partition coefficient (Wildman–Crippen LogP) is 2.11. The van der Waals surface area contributed by atoms with Crippen molar-refractivity contribution in [2.45, 2.75) is 25.5 Å². The number of hydrogen-bond acceptors (Lipinski definition) is 4. The van der Waals surface area contributed by atoms with Crippen LogP contribution in [0.1, 0.15) is 18.4 Å². The number of nitrogens with zero attached hydrogens (tertiary/aromatic N) is 3. The Morgan fingerprint density at radius 2 is 2.26 bits per heavy atom. The molecule has 5 heteroatoms. The van der Waals surface area contributed by atoms with Gasteiger partial charge >= 0.3 is 0 Å². The molecule has 124 valence electrons. The first-order valence-corrected chi connectivity index (χ1v) is 8.71. The molecule has 4 rings (SSSR count). The molecule has 0 radical (unpaired) electrons. The molecular weight excluding hydrogens is 288 g/mol. The Labute approximate surface area is 137 Å². The average Bonchev–Trinajstić information content (AvgIpc) is 3.22. The number of aromatic amines is 1. The second kappa shape index (κ2) is 6.59. The van der Waals surface area contributed by atoms with Crippen LogP contribution in [0.2, 0.25) is 0 Å². The van der Waals surface area contributed by atoms with Gasteiger partial charge < -0.3 is 9.64 Å². The van der Waals surface area contributed by atoms with Crippen LogP contribution in [0, 0.1) is 5.92 Å². The van der Waals surface area contributed by atoms with E-state index in [-0.39, 0.29) is 0 Å². The molecule has 1 saturated heterocycles. The quantitative estimate of drug-likeness (QED) is 0.887. The number of benzene rings is 1. The maximum absolute atomic E-state index is 5.98. The third-order valence-electron chi connectivity index (χ3n) is 4.92. The number of morpholine rings is 1. The fourth-order valence-electron chi connectivity index (χ4n) is 3.54. The molecule has 1 saturated carbocycles. The van der Waals surface area contributed by atoms with Gasteiger partial charge in [-0.2, -0.15) is 5.10 Å². The molecule has 1 aliphatic carbocycles. The van der Waals surface area contributed by atoms with Crippen molar-refractivity contribution in [3.63, 3.8) is 0 Å². The Hall–Kier alpha value is -1.43. The summed E-state index contributed by atoms with van der Waals surface area (Å²) in [7, 11) is 2.23. The molecule has 1 aromatic heterocycles. The van der Waals surface area contributed by atoms with E-state index in [0.717, 1.165) is 44.2 Å². The fraction of sp³-hybridized carbons (Fsp3) is 0.611. The molecule has 0 unspecified atom stereocenters. The normalized spacial score (nSPS) is 23.0. The van der Waals surface area contributed by atoms with Crippen molar-refractivity contribution in [3.8, 4) is 0 Å². The largest absolute Gasteiger partial charge is 0.374 e. The van der Waals surface area contributed by atoms with E-state index in [1.807, 2.05) is 6.20 Å². The molecule has 2 aromatic rings. The maximum Gasteiger partial charge on any atom is 0.0829 e. The maximum atomic E-state index is 5.98. The highest BCUT2D eigenvalue weighted by Gasteiger charge is 2.26. The van der Waals surface area contributed by atoms with Crippen LogP contribution in [0.25, 0.3) is 10.9 Å². The zero-order chi connectivity index (χ0) is 15.6. The Kier molecular flexibility index (Phi) is 4.33. The summed E-state index contributed by atoms with van der Waals surface area (Å²) in [5, 5.41) is 8.33. The van der Waals surface area contributed by atoms with Gasteiger partial charge in [-0.3, -0.25) is 10.00 Å². The number of H-pyrrole nitrogens is 1. The Morgan fingerprint density at radius 3 is 3.13 bits per heavy atom. The lowest BCUT2D eigenvalue weighted by molar-refractivity contribution is -0.0434. The first kappa shape index (κ1) is 15.1. The molecular formula is C18H26N4O. The van der Waals surface area contributed by atoms with Crippen molar-refractivity contribution in [2.24, 2.45) is 5.92 Å². The lowest BCUT2D eigenvalue weighted by Crippen LogP contribution is -2.46. The zero-order valence-electron chi connectivity index (χ0n) is 13.9. The number of hydrogen-bond donors (Lipinski definition) is 1. The predicted molar refractivity (Wildman–Crippen MR) is 91.3 cm³/mol. The Bertz CT molecular complexity index is 651. The van der Waals surface area contributed by atoms with Gasteiger partial charge in [0.2, 0.25) is 0 Å². The highest BCUT2D eigenvalue weighted by molar-refractivity contribution is 5.78. The number of aromatic nitrogens is 2. The monoisotopic (exact) mass is 314 g/mol. The Morgan fingerprint density at radius 1 is 1.35 bits per heavy atom. The number of nitrogens with one attached hydrogen (secondary N) is 1. The number of ether oxygens (including phenoxy) is 1. The van der Waals surface area contributed by atoms with Crippen LogP contribution in [0.4, 0.5) is 0 Å². The van der Waals surface area contributed by atoms with Gasteiger partial charge in [-0.05, 0) is 37.4 Å². The summed E-state index contributed by atoms with van der Waals surface area (Å²) in [6.45, 7) is 6.15. The summed E-state index contributed by atoms with van der Waals surface area (Å²) >= 11 is 0. The molecule has 0 spiro atoms. The second-order valence-corrected chi connectivity index (χ2v) is 7.18. The van der Waals surface area contributed by atoms with E-state index in [1.165, 1.54) is 30.3 Å². The molecule has 1 aromatic carbocycles. The minimum absolute atomic E-state index is 0.336. The van der Waals surface area contributed by atoms with Gasteiger partial charge in [-0.1, -0.05) is 12.1 Å². The van der Waals surface area contributed by atoms with Crippen LogP contribution < -0.4 is 0 Å². The smallest absolute Gasteiger partial charge is 0.0829 e. The standard InChI is InChI=1S/C18H26N4O/c1-21(10-14-2-3-14)12-17-13-22(6-7-23-17)11-15-4-5-16-9-19-20-18(16)8-15/h4-5,8-9,14,17H,2-3,6-7,10-13H2,1H3,(H,19,20)/t17-/m1/s1. The van der Waals surface area contributed by atoms with E-state index < -0.39 is 0 Å². The van der Waals surface area contributed by atoms with Crippen molar-refractivity contribution >= 4 is 10.9 Å². The Balaban J connectivity index is 1.32. The van der Waals surface area contributed by atoms with Crippen molar-refractivity contribution in [2.75, 3.05) is 39.8 Å². The van der Waals surface area contributed by atoms with Crippen molar-refractivity contribution < 1.29 is 4.74 Å². The van der Waals surface area contributed by atoms with Gasteiger partial charge in [0.1, 0.15) is 0 Å². The van der Waals surface area contributed by atoms with Gasteiger partial charge in [0.15, 0.2) is 0 Å². The molecule has 23 heavy (non-hydrogen) atoms. The first-order valence-electron chi connectivity index (χ1n) is 8.71. The van der Waals surface area contributed by atoms with Gasteiger partial charge in [-0.25, -0.2) is 0 Å². The molecule has 1 atom stereocenters. The molecule has 2 aliphatic rings. The summed E-state index contributed by atoms with van der Waals surface area (Å²) in [5.41, 5.74) is 2.46. The average molecular weight is 314 g/mol. The SMILES string of the molecule is CN(CC1CC1)C[C@@H]1CN(Cc2ccc3cn[nH]c3c2)CCO1. The van der Waals surface area contributed by atoms with Crippen LogP contribution in [0.15, 0.2) is 24.4 Å².